The molecule has 0 saturated heterocycles. The van der Waals surface area contributed by atoms with Crippen molar-refractivity contribution in [2.24, 2.45) is 11.3 Å². The summed E-state index contributed by atoms with van der Waals surface area (Å²) in [5.74, 6) is -0.782. The fraction of sp³-hybridized carbons (Fsp3) is 0.722. The summed E-state index contributed by atoms with van der Waals surface area (Å²) in [5, 5.41) is 26.7. The predicted octanol–water partition coefficient (Wildman–Crippen LogP) is 3.36. The van der Waals surface area contributed by atoms with Gasteiger partial charge >= 0.3 is 5.97 Å². The highest BCUT2D eigenvalue weighted by Crippen LogP contribution is 2.59. The molecule has 0 spiro atoms. The van der Waals surface area contributed by atoms with Gasteiger partial charge in [-0.1, -0.05) is 18.9 Å². The van der Waals surface area contributed by atoms with Gasteiger partial charge in [0, 0.05) is 16.3 Å². The lowest BCUT2D eigenvalue weighted by atomic mass is 9.58. The van der Waals surface area contributed by atoms with E-state index in [1.54, 1.807) is 6.07 Å². The van der Waals surface area contributed by atoms with Gasteiger partial charge in [0.2, 0.25) is 5.60 Å². The summed E-state index contributed by atoms with van der Waals surface area (Å²) in [6, 6.07) is 4.16. The Morgan fingerprint density at radius 2 is 1.96 bits per heavy atom. The van der Waals surface area contributed by atoms with Crippen LogP contribution >= 0.6 is 11.3 Å². The van der Waals surface area contributed by atoms with Crippen molar-refractivity contribution in [1.29, 1.82) is 0 Å². The van der Waals surface area contributed by atoms with E-state index in [1.807, 2.05) is 18.5 Å². The highest BCUT2D eigenvalue weighted by molar-refractivity contribution is 7.10. The first-order valence-corrected chi connectivity index (χ1v) is 9.59. The summed E-state index contributed by atoms with van der Waals surface area (Å²) >= 11 is 1.37. The molecule has 3 N–H and O–H groups in total. The number of carboxylic acids is 1. The molecular weight excluding hydrogens is 310 g/mol. The van der Waals surface area contributed by atoms with Crippen LogP contribution in [0.5, 0.6) is 0 Å². The number of hydrogen-bond acceptors (Lipinski definition) is 4. The Kier molecular flexibility index (Phi) is 4.81. The molecule has 2 saturated carbocycles. The molecule has 23 heavy (non-hydrogen) atoms. The van der Waals surface area contributed by atoms with E-state index < -0.39 is 17.0 Å². The monoisotopic (exact) mass is 337 g/mol. The average molecular weight is 337 g/mol. The SMILES string of the molecule is CNC1CCC(C2([C@](O)(C(=O)O)c3cccs3)CCCC2)CC1. The third-order valence-corrected chi connectivity index (χ3v) is 7.30. The number of hydrogen-bond donors (Lipinski definition) is 3. The fourth-order valence-electron chi connectivity index (χ4n) is 5.05. The van der Waals surface area contributed by atoms with Crippen molar-refractivity contribution in [1.82, 2.24) is 5.32 Å². The lowest BCUT2D eigenvalue weighted by molar-refractivity contribution is -0.187. The van der Waals surface area contributed by atoms with Crippen LogP contribution in [0.2, 0.25) is 0 Å². The van der Waals surface area contributed by atoms with Crippen LogP contribution < -0.4 is 5.32 Å². The number of carbonyl (C=O) groups is 1. The van der Waals surface area contributed by atoms with Crippen LogP contribution in [0.3, 0.4) is 0 Å². The van der Waals surface area contributed by atoms with E-state index in [4.69, 9.17) is 0 Å². The summed E-state index contributed by atoms with van der Waals surface area (Å²) in [5.41, 5.74) is -2.25. The number of aliphatic hydroxyl groups is 1. The van der Waals surface area contributed by atoms with E-state index in [0.29, 0.717) is 10.9 Å². The zero-order valence-electron chi connectivity index (χ0n) is 13.8. The van der Waals surface area contributed by atoms with Crippen molar-refractivity contribution in [2.45, 2.75) is 63.0 Å². The summed E-state index contributed by atoms with van der Waals surface area (Å²) < 4.78 is 0. The normalized spacial score (nSPS) is 30.0. The first-order chi connectivity index (χ1) is 11.0. The highest BCUT2D eigenvalue weighted by atomic mass is 32.1. The molecule has 0 bridgehead atoms. The third kappa shape index (κ3) is 2.63. The van der Waals surface area contributed by atoms with E-state index in [-0.39, 0.29) is 5.92 Å². The van der Waals surface area contributed by atoms with Gasteiger partial charge in [-0.25, -0.2) is 4.79 Å². The van der Waals surface area contributed by atoms with Crippen molar-refractivity contribution in [2.75, 3.05) is 7.05 Å². The van der Waals surface area contributed by atoms with Crippen LogP contribution in [0.15, 0.2) is 17.5 Å². The number of thiophene rings is 1. The van der Waals surface area contributed by atoms with Crippen molar-refractivity contribution < 1.29 is 15.0 Å². The molecule has 2 aliphatic rings. The van der Waals surface area contributed by atoms with Crippen molar-refractivity contribution in [3.05, 3.63) is 22.4 Å². The van der Waals surface area contributed by atoms with Gasteiger partial charge < -0.3 is 15.5 Å². The lowest BCUT2D eigenvalue weighted by Crippen LogP contribution is -2.54. The minimum Gasteiger partial charge on any atom is -0.479 e. The summed E-state index contributed by atoms with van der Waals surface area (Å²) in [4.78, 5) is 12.8. The molecule has 1 aromatic heterocycles. The van der Waals surface area contributed by atoms with Crippen LogP contribution in [0.25, 0.3) is 0 Å². The zero-order chi connectivity index (χ0) is 16.5. The smallest absolute Gasteiger partial charge is 0.341 e. The van der Waals surface area contributed by atoms with Crippen molar-refractivity contribution in [3.63, 3.8) is 0 Å². The van der Waals surface area contributed by atoms with Crippen LogP contribution in [0.1, 0.15) is 56.2 Å². The maximum atomic E-state index is 12.2. The second-order valence-electron chi connectivity index (χ2n) is 7.19. The molecule has 0 unspecified atom stereocenters. The third-order valence-electron chi connectivity index (χ3n) is 6.32. The molecule has 0 amide bonds. The van der Waals surface area contributed by atoms with Gasteiger partial charge in [0.15, 0.2) is 0 Å². The van der Waals surface area contributed by atoms with Gasteiger partial charge in [0.05, 0.1) is 0 Å². The van der Waals surface area contributed by atoms with Crippen LogP contribution in [-0.2, 0) is 10.4 Å². The number of carboxylic acid groups (broad SMARTS) is 1. The van der Waals surface area contributed by atoms with Gasteiger partial charge in [-0.05, 0) is 62.9 Å². The second kappa shape index (κ2) is 6.54. The molecule has 3 rings (SSSR count). The molecule has 0 aromatic carbocycles. The summed E-state index contributed by atoms with van der Waals surface area (Å²) in [6.07, 6.45) is 7.84. The van der Waals surface area contributed by atoms with E-state index in [0.717, 1.165) is 51.4 Å². The first kappa shape index (κ1) is 16.9. The zero-order valence-corrected chi connectivity index (χ0v) is 14.6. The van der Waals surface area contributed by atoms with Crippen molar-refractivity contribution in [3.8, 4) is 0 Å². The summed E-state index contributed by atoms with van der Waals surface area (Å²) in [6.45, 7) is 0. The minimum atomic E-state index is -1.74. The first-order valence-electron chi connectivity index (χ1n) is 8.71. The standard InChI is InChI=1S/C18H27NO3S/c1-19-14-8-6-13(7-9-14)17(10-2-3-11-17)18(22,16(20)21)15-5-4-12-23-15/h4-5,12-14,19,22H,2-3,6-11H2,1H3,(H,20,21)/t13?,14?,18-/m1/s1. The van der Waals surface area contributed by atoms with Crippen LogP contribution in [-0.4, -0.2) is 29.3 Å². The Balaban J connectivity index is 1.98. The fourth-order valence-corrected chi connectivity index (χ4v) is 5.98. The molecule has 128 valence electrons. The minimum absolute atomic E-state index is 0.290. The maximum absolute atomic E-state index is 12.2. The average Bonchev–Trinajstić information content (AvgIpc) is 3.26. The number of aliphatic carboxylic acids is 1. The van der Waals surface area contributed by atoms with E-state index in [9.17, 15) is 15.0 Å². The van der Waals surface area contributed by atoms with Crippen molar-refractivity contribution >= 4 is 17.3 Å². The summed E-state index contributed by atoms with van der Waals surface area (Å²) in [7, 11) is 2.00. The van der Waals surface area contributed by atoms with Gasteiger partial charge in [0.1, 0.15) is 0 Å². The quantitative estimate of drug-likeness (QED) is 0.770. The van der Waals surface area contributed by atoms with E-state index in [1.165, 1.54) is 11.3 Å². The molecular formula is C18H27NO3S. The predicted molar refractivity (Wildman–Crippen MR) is 91.6 cm³/mol. The molecule has 4 nitrogen and oxygen atoms in total. The number of nitrogens with one attached hydrogen (secondary N) is 1. The Labute approximate surface area is 141 Å². The molecule has 1 aromatic rings. The molecule has 1 heterocycles. The molecule has 5 heteroatoms. The second-order valence-corrected chi connectivity index (χ2v) is 8.14. The topological polar surface area (TPSA) is 69.6 Å². The Morgan fingerprint density at radius 1 is 1.30 bits per heavy atom. The highest BCUT2D eigenvalue weighted by Gasteiger charge is 2.61. The Hall–Kier alpha value is -0.910. The van der Waals surface area contributed by atoms with Gasteiger partial charge in [-0.15, -0.1) is 11.3 Å². The molecule has 0 aliphatic heterocycles. The van der Waals surface area contributed by atoms with Gasteiger partial charge in [-0.2, -0.15) is 0 Å². The van der Waals surface area contributed by atoms with Crippen LogP contribution in [0.4, 0.5) is 0 Å². The largest absolute Gasteiger partial charge is 0.479 e. The van der Waals surface area contributed by atoms with E-state index >= 15 is 0 Å². The molecule has 1 atom stereocenters. The molecule has 2 fully saturated rings. The Bertz CT molecular complexity index is 530. The lowest BCUT2D eigenvalue weighted by Gasteiger charge is -2.49. The van der Waals surface area contributed by atoms with Crippen LogP contribution in [0, 0.1) is 11.3 Å². The van der Waals surface area contributed by atoms with Gasteiger partial charge in [0.25, 0.3) is 0 Å². The molecule has 2 aliphatic carbocycles. The number of rotatable bonds is 5. The van der Waals surface area contributed by atoms with Gasteiger partial charge in [-0.3, -0.25) is 0 Å². The maximum Gasteiger partial charge on any atom is 0.341 e. The Morgan fingerprint density at radius 3 is 2.43 bits per heavy atom. The molecule has 0 radical (unpaired) electrons. The van der Waals surface area contributed by atoms with E-state index in [2.05, 4.69) is 5.32 Å².